The fourth-order valence-electron chi connectivity index (χ4n) is 3.40. The molecule has 2 fully saturated rings. The Morgan fingerprint density at radius 2 is 2.08 bits per heavy atom. The molecule has 2 aliphatic carbocycles. The van der Waals surface area contributed by atoms with Crippen LogP contribution < -0.4 is 0 Å². The van der Waals surface area contributed by atoms with Crippen LogP contribution in [0.15, 0.2) is 0 Å². The average Bonchev–Trinajstić information content (AvgIpc) is 2.37. The maximum Gasteiger partial charge on any atom is 0.293 e. The number of carbonyl (C=O) groups excluding carboxylic acids is 1. The maximum atomic E-state index is 10.4. The zero-order valence-electron chi connectivity index (χ0n) is 8.67. The summed E-state index contributed by atoms with van der Waals surface area (Å²) in [5, 5.41) is 0. The quantitative estimate of drug-likeness (QED) is 0.613. The number of hydrogen-bond donors (Lipinski definition) is 0. The number of hydrogen-bond acceptors (Lipinski definition) is 2. The monoisotopic (exact) mass is 182 g/mol. The lowest BCUT2D eigenvalue weighted by atomic mass is 9.70. The molecule has 0 aromatic heterocycles. The number of ether oxygens (including phenoxy) is 1. The SMILES string of the molecule is CC1(C)C2CCC1(C)[C@H](OC=O)C2. The van der Waals surface area contributed by atoms with Crippen molar-refractivity contribution >= 4 is 6.47 Å². The molecule has 13 heavy (non-hydrogen) atoms. The highest BCUT2D eigenvalue weighted by Gasteiger charge is 2.62. The summed E-state index contributed by atoms with van der Waals surface area (Å²) in [6, 6.07) is 0. The Kier molecular flexibility index (Phi) is 1.73. The van der Waals surface area contributed by atoms with Gasteiger partial charge in [-0.05, 0) is 30.6 Å². The van der Waals surface area contributed by atoms with E-state index < -0.39 is 0 Å². The third-order valence-corrected chi connectivity index (χ3v) is 4.93. The predicted octanol–water partition coefficient (Wildman–Crippen LogP) is 2.37. The van der Waals surface area contributed by atoms with E-state index >= 15 is 0 Å². The van der Waals surface area contributed by atoms with Crippen molar-refractivity contribution < 1.29 is 9.53 Å². The van der Waals surface area contributed by atoms with Crippen LogP contribution in [0.5, 0.6) is 0 Å². The van der Waals surface area contributed by atoms with Crippen LogP contribution in [0.1, 0.15) is 40.0 Å². The zero-order chi connectivity index (χ0) is 9.69. The summed E-state index contributed by atoms with van der Waals surface area (Å²) in [4.78, 5) is 10.4. The first-order valence-corrected chi connectivity index (χ1v) is 5.11. The molecule has 0 aromatic rings. The highest BCUT2D eigenvalue weighted by molar-refractivity contribution is 5.38. The van der Waals surface area contributed by atoms with Gasteiger partial charge in [0.25, 0.3) is 6.47 Å². The summed E-state index contributed by atoms with van der Waals surface area (Å²) in [7, 11) is 0. The van der Waals surface area contributed by atoms with Crippen LogP contribution in [0.25, 0.3) is 0 Å². The molecule has 74 valence electrons. The van der Waals surface area contributed by atoms with Crippen molar-refractivity contribution in [3.8, 4) is 0 Å². The van der Waals surface area contributed by atoms with Gasteiger partial charge in [-0.2, -0.15) is 0 Å². The molecule has 0 aromatic carbocycles. The molecular weight excluding hydrogens is 164 g/mol. The Morgan fingerprint density at radius 1 is 1.38 bits per heavy atom. The van der Waals surface area contributed by atoms with Crippen LogP contribution in [-0.4, -0.2) is 12.6 Å². The molecule has 2 aliphatic rings. The summed E-state index contributed by atoms with van der Waals surface area (Å²) in [5.74, 6) is 0.752. The number of fused-ring (bicyclic) bond motifs is 2. The van der Waals surface area contributed by atoms with Crippen LogP contribution in [0.2, 0.25) is 0 Å². The first-order valence-electron chi connectivity index (χ1n) is 5.11. The lowest BCUT2D eigenvalue weighted by Crippen LogP contribution is -2.36. The fraction of sp³-hybridized carbons (Fsp3) is 0.909. The molecule has 0 N–H and O–H groups in total. The van der Waals surface area contributed by atoms with Crippen LogP contribution >= 0.6 is 0 Å². The van der Waals surface area contributed by atoms with Crippen LogP contribution in [0.3, 0.4) is 0 Å². The summed E-state index contributed by atoms with van der Waals surface area (Å²) in [6.07, 6.45) is 3.76. The maximum absolute atomic E-state index is 10.4. The van der Waals surface area contributed by atoms with Gasteiger partial charge in [0.05, 0.1) is 0 Å². The van der Waals surface area contributed by atoms with E-state index in [-0.39, 0.29) is 11.5 Å². The molecule has 2 nitrogen and oxygen atoms in total. The lowest BCUT2D eigenvalue weighted by Gasteiger charge is -2.37. The van der Waals surface area contributed by atoms with Gasteiger partial charge in [-0.25, -0.2) is 0 Å². The summed E-state index contributed by atoms with van der Waals surface area (Å²) in [5.41, 5.74) is 0.569. The summed E-state index contributed by atoms with van der Waals surface area (Å²) >= 11 is 0. The van der Waals surface area contributed by atoms with E-state index in [9.17, 15) is 4.79 Å². The normalized spacial score (nSPS) is 46.4. The Balaban J connectivity index is 2.27. The Bertz CT molecular complexity index is 234. The van der Waals surface area contributed by atoms with Gasteiger partial charge in [-0.15, -0.1) is 0 Å². The van der Waals surface area contributed by atoms with Crippen molar-refractivity contribution in [1.29, 1.82) is 0 Å². The van der Waals surface area contributed by atoms with E-state index in [4.69, 9.17) is 4.74 Å². The van der Waals surface area contributed by atoms with Gasteiger partial charge in [-0.3, -0.25) is 4.79 Å². The molecule has 0 spiro atoms. The molecule has 2 heteroatoms. The Hall–Kier alpha value is -0.530. The molecule has 0 aliphatic heterocycles. The van der Waals surface area contributed by atoms with Gasteiger partial charge in [0, 0.05) is 5.41 Å². The lowest BCUT2D eigenvalue weighted by molar-refractivity contribution is -0.141. The van der Waals surface area contributed by atoms with Crippen molar-refractivity contribution in [2.45, 2.75) is 46.1 Å². The minimum Gasteiger partial charge on any atom is -0.464 e. The fourth-order valence-corrected chi connectivity index (χ4v) is 3.40. The van der Waals surface area contributed by atoms with Crippen molar-refractivity contribution in [3.63, 3.8) is 0 Å². The summed E-state index contributed by atoms with van der Waals surface area (Å²) in [6.45, 7) is 7.53. The molecule has 2 bridgehead atoms. The minimum absolute atomic E-state index is 0.166. The molecule has 2 rings (SSSR count). The molecule has 0 heterocycles. The number of carbonyl (C=O) groups is 1. The Morgan fingerprint density at radius 3 is 2.46 bits per heavy atom. The van der Waals surface area contributed by atoms with Gasteiger partial charge in [0.1, 0.15) is 6.10 Å². The highest BCUT2D eigenvalue weighted by Crippen LogP contribution is 2.66. The van der Waals surface area contributed by atoms with Crippen molar-refractivity contribution in [1.82, 2.24) is 0 Å². The molecule has 2 unspecified atom stereocenters. The van der Waals surface area contributed by atoms with Crippen LogP contribution in [0.4, 0.5) is 0 Å². The van der Waals surface area contributed by atoms with Gasteiger partial charge in [-0.1, -0.05) is 20.8 Å². The molecule has 0 radical (unpaired) electrons. The van der Waals surface area contributed by atoms with Crippen molar-refractivity contribution in [2.75, 3.05) is 0 Å². The molecule has 2 saturated carbocycles. The molecule has 3 atom stereocenters. The number of rotatable bonds is 2. The van der Waals surface area contributed by atoms with Crippen molar-refractivity contribution in [2.24, 2.45) is 16.7 Å². The zero-order valence-corrected chi connectivity index (χ0v) is 8.67. The third-order valence-electron chi connectivity index (χ3n) is 4.93. The van der Waals surface area contributed by atoms with Crippen molar-refractivity contribution in [3.05, 3.63) is 0 Å². The van der Waals surface area contributed by atoms with E-state index in [1.807, 2.05) is 0 Å². The second-order valence-electron chi connectivity index (χ2n) is 5.33. The average molecular weight is 182 g/mol. The van der Waals surface area contributed by atoms with E-state index in [0.29, 0.717) is 11.9 Å². The summed E-state index contributed by atoms with van der Waals surface area (Å²) < 4.78 is 5.19. The first-order chi connectivity index (χ1) is 6.02. The second-order valence-corrected chi connectivity index (χ2v) is 5.33. The Labute approximate surface area is 79.7 Å². The van der Waals surface area contributed by atoms with Crippen LogP contribution in [0, 0.1) is 16.7 Å². The smallest absolute Gasteiger partial charge is 0.293 e. The van der Waals surface area contributed by atoms with Gasteiger partial charge in [0.15, 0.2) is 0 Å². The minimum atomic E-state index is 0.166. The second kappa shape index (κ2) is 2.49. The highest BCUT2D eigenvalue weighted by atomic mass is 16.5. The standard InChI is InChI=1S/C11H18O2/c1-10(2)8-4-5-11(10,3)9(6-8)13-7-12/h7-9H,4-6H2,1-3H3/t8?,9-,11?/m1/s1. The van der Waals surface area contributed by atoms with Gasteiger partial charge >= 0.3 is 0 Å². The van der Waals surface area contributed by atoms with Gasteiger partial charge in [0.2, 0.25) is 0 Å². The molecular formula is C11H18O2. The van der Waals surface area contributed by atoms with E-state index in [1.54, 1.807) is 0 Å². The molecule has 0 amide bonds. The van der Waals surface area contributed by atoms with E-state index in [0.717, 1.165) is 12.3 Å². The topological polar surface area (TPSA) is 26.3 Å². The molecule has 0 saturated heterocycles. The van der Waals surface area contributed by atoms with E-state index in [2.05, 4.69) is 20.8 Å². The van der Waals surface area contributed by atoms with E-state index in [1.165, 1.54) is 12.8 Å². The van der Waals surface area contributed by atoms with Crippen LogP contribution in [-0.2, 0) is 9.53 Å². The predicted molar refractivity (Wildman–Crippen MR) is 50.2 cm³/mol. The third kappa shape index (κ3) is 0.918. The largest absolute Gasteiger partial charge is 0.464 e. The van der Waals surface area contributed by atoms with Gasteiger partial charge < -0.3 is 4.74 Å². The first kappa shape index (κ1) is 9.04.